The molecule has 6 nitrogen and oxygen atoms in total. The minimum absolute atomic E-state index is 0.0828. The van der Waals surface area contributed by atoms with Crippen molar-refractivity contribution in [3.63, 3.8) is 0 Å². The van der Waals surface area contributed by atoms with Gasteiger partial charge in [-0.25, -0.2) is 9.18 Å². The lowest BCUT2D eigenvalue weighted by Gasteiger charge is -2.10. The van der Waals surface area contributed by atoms with Gasteiger partial charge in [-0.3, -0.25) is 10.1 Å². The first-order valence-electron chi connectivity index (χ1n) is 5.17. The van der Waals surface area contributed by atoms with Crippen LogP contribution >= 0.6 is 0 Å². The number of hydrogen-bond donors (Lipinski definition) is 0. The van der Waals surface area contributed by atoms with E-state index < -0.39 is 22.4 Å². The van der Waals surface area contributed by atoms with E-state index in [0.717, 1.165) is 18.2 Å². The van der Waals surface area contributed by atoms with Crippen molar-refractivity contribution in [2.75, 3.05) is 27.2 Å². The molecule has 0 saturated carbocycles. The van der Waals surface area contributed by atoms with Crippen molar-refractivity contribution in [2.24, 2.45) is 0 Å². The van der Waals surface area contributed by atoms with E-state index in [1.165, 1.54) is 0 Å². The Bertz CT molecular complexity index is 462. The van der Waals surface area contributed by atoms with Crippen LogP contribution in [0.5, 0.6) is 0 Å². The van der Waals surface area contributed by atoms with E-state index in [1.54, 1.807) is 19.0 Å². The molecule has 0 aromatic heterocycles. The van der Waals surface area contributed by atoms with Crippen molar-refractivity contribution < 1.29 is 18.8 Å². The van der Waals surface area contributed by atoms with Gasteiger partial charge in [0.05, 0.1) is 4.92 Å². The van der Waals surface area contributed by atoms with Crippen molar-refractivity contribution in [3.8, 4) is 0 Å². The Hall–Kier alpha value is -2.02. The molecule has 0 aliphatic heterocycles. The number of nitrogens with zero attached hydrogens (tertiary/aromatic N) is 2. The van der Waals surface area contributed by atoms with Gasteiger partial charge in [-0.05, 0) is 26.2 Å². The monoisotopic (exact) mass is 256 g/mol. The predicted octanol–water partition coefficient (Wildman–Crippen LogP) is 1.45. The number of ether oxygens (including phenoxy) is 1. The lowest BCUT2D eigenvalue weighted by Crippen LogP contribution is -2.20. The van der Waals surface area contributed by atoms with Crippen molar-refractivity contribution >= 4 is 11.7 Å². The lowest BCUT2D eigenvalue weighted by atomic mass is 10.2. The molecule has 0 unspecified atom stereocenters. The molecule has 0 aliphatic carbocycles. The molecule has 7 heteroatoms. The van der Waals surface area contributed by atoms with Crippen LogP contribution in [0.3, 0.4) is 0 Å². The molecule has 1 aromatic rings. The second kappa shape index (κ2) is 6.06. The summed E-state index contributed by atoms with van der Waals surface area (Å²) in [5, 5.41) is 10.7. The molecule has 0 saturated heterocycles. The number of hydrogen-bond acceptors (Lipinski definition) is 5. The van der Waals surface area contributed by atoms with Gasteiger partial charge in [-0.2, -0.15) is 0 Å². The number of halogens is 1. The number of benzene rings is 1. The summed E-state index contributed by atoms with van der Waals surface area (Å²) in [5.74, 6) is -1.62. The average Bonchev–Trinajstić information content (AvgIpc) is 2.27. The summed E-state index contributed by atoms with van der Waals surface area (Å²) in [6, 6.07) is 2.67. The number of carbonyl (C=O) groups excluding carboxylic acids is 1. The molecule has 1 rings (SSSR count). The van der Waals surface area contributed by atoms with Gasteiger partial charge in [-0.1, -0.05) is 0 Å². The number of carbonyl (C=O) groups is 1. The van der Waals surface area contributed by atoms with Crippen LogP contribution in [0.25, 0.3) is 0 Å². The fourth-order valence-corrected chi connectivity index (χ4v) is 1.23. The standard InChI is InChI=1S/C11H13FN2O4/c1-13(2)5-6-18-11(15)9-7-8(12)3-4-10(9)14(16)17/h3-4,7H,5-6H2,1-2H3. The van der Waals surface area contributed by atoms with Gasteiger partial charge in [-0.15, -0.1) is 0 Å². The first-order chi connectivity index (χ1) is 8.41. The zero-order valence-corrected chi connectivity index (χ0v) is 10.1. The van der Waals surface area contributed by atoms with Gasteiger partial charge < -0.3 is 9.64 Å². The highest BCUT2D eigenvalue weighted by atomic mass is 19.1. The molecule has 0 spiro atoms. The molecule has 0 aliphatic rings. The predicted molar refractivity (Wildman–Crippen MR) is 61.9 cm³/mol. The molecule has 0 fully saturated rings. The summed E-state index contributed by atoms with van der Waals surface area (Å²) in [7, 11) is 3.58. The van der Waals surface area contributed by atoms with E-state index in [4.69, 9.17) is 4.74 Å². The van der Waals surface area contributed by atoms with Crippen LogP contribution in [0.2, 0.25) is 0 Å². The smallest absolute Gasteiger partial charge is 0.345 e. The van der Waals surface area contributed by atoms with E-state index in [1.807, 2.05) is 0 Å². The molecular weight excluding hydrogens is 243 g/mol. The molecule has 0 atom stereocenters. The maximum atomic E-state index is 13.0. The first-order valence-corrected chi connectivity index (χ1v) is 5.17. The first kappa shape index (κ1) is 14.0. The van der Waals surface area contributed by atoms with Gasteiger partial charge in [0.25, 0.3) is 5.69 Å². The van der Waals surface area contributed by atoms with Crippen LogP contribution in [0.1, 0.15) is 10.4 Å². The van der Waals surface area contributed by atoms with Crippen molar-refractivity contribution in [2.45, 2.75) is 0 Å². The largest absolute Gasteiger partial charge is 0.461 e. The van der Waals surface area contributed by atoms with Crippen LogP contribution in [-0.2, 0) is 4.74 Å². The van der Waals surface area contributed by atoms with Crippen LogP contribution in [0, 0.1) is 15.9 Å². The minimum atomic E-state index is -0.900. The van der Waals surface area contributed by atoms with Crippen molar-refractivity contribution in [1.29, 1.82) is 0 Å². The Morgan fingerprint density at radius 1 is 1.50 bits per heavy atom. The van der Waals surface area contributed by atoms with E-state index in [2.05, 4.69) is 0 Å². The third-order valence-corrected chi connectivity index (χ3v) is 2.15. The summed E-state index contributed by atoms with van der Waals surface area (Å²) in [6.45, 7) is 0.564. The van der Waals surface area contributed by atoms with Crippen LogP contribution in [0.15, 0.2) is 18.2 Å². The van der Waals surface area contributed by atoms with E-state index in [0.29, 0.717) is 6.54 Å². The Morgan fingerprint density at radius 2 is 2.17 bits per heavy atom. The molecule has 18 heavy (non-hydrogen) atoms. The van der Waals surface area contributed by atoms with Crippen molar-refractivity contribution in [1.82, 2.24) is 4.90 Å². The number of rotatable bonds is 5. The third-order valence-electron chi connectivity index (χ3n) is 2.15. The molecular formula is C11H13FN2O4. The maximum absolute atomic E-state index is 13.0. The molecule has 0 amide bonds. The highest BCUT2D eigenvalue weighted by Crippen LogP contribution is 2.20. The lowest BCUT2D eigenvalue weighted by molar-refractivity contribution is -0.385. The Balaban J connectivity index is 2.84. The molecule has 1 aromatic carbocycles. The molecule has 0 radical (unpaired) electrons. The Labute approximate surface area is 103 Å². The normalized spacial score (nSPS) is 10.4. The van der Waals surface area contributed by atoms with Crippen LogP contribution in [0.4, 0.5) is 10.1 Å². The van der Waals surface area contributed by atoms with Crippen LogP contribution in [-0.4, -0.2) is 43.0 Å². The topological polar surface area (TPSA) is 72.7 Å². The number of nitro groups is 1. The van der Waals surface area contributed by atoms with E-state index >= 15 is 0 Å². The zero-order chi connectivity index (χ0) is 13.7. The minimum Gasteiger partial charge on any atom is -0.461 e. The maximum Gasteiger partial charge on any atom is 0.345 e. The fourth-order valence-electron chi connectivity index (χ4n) is 1.23. The van der Waals surface area contributed by atoms with E-state index in [-0.39, 0.29) is 12.2 Å². The van der Waals surface area contributed by atoms with Gasteiger partial charge in [0.15, 0.2) is 0 Å². The molecule has 0 heterocycles. The quantitative estimate of drug-likeness (QED) is 0.453. The van der Waals surface area contributed by atoms with Gasteiger partial charge >= 0.3 is 5.97 Å². The summed E-state index contributed by atoms with van der Waals surface area (Å²) < 4.78 is 17.8. The van der Waals surface area contributed by atoms with Crippen LogP contribution < -0.4 is 0 Å². The fraction of sp³-hybridized carbons (Fsp3) is 0.364. The second-order valence-corrected chi connectivity index (χ2v) is 3.86. The van der Waals surface area contributed by atoms with E-state index in [9.17, 15) is 19.3 Å². The highest BCUT2D eigenvalue weighted by Gasteiger charge is 2.22. The molecule has 0 bridgehead atoms. The zero-order valence-electron chi connectivity index (χ0n) is 10.1. The summed E-state index contributed by atoms with van der Waals surface area (Å²) >= 11 is 0. The Morgan fingerprint density at radius 3 is 2.72 bits per heavy atom. The summed E-state index contributed by atoms with van der Waals surface area (Å²) in [4.78, 5) is 23.3. The number of esters is 1. The SMILES string of the molecule is CN(C)CCOC(=O)c1cc(F)ccc1[N+](=O)[O-]. The Kier molecular flexibility index (Phi) is 4.73. The number of nitro benzene ring substituents is 1. The average molecular weight is 256 g/mol. The van der Waals surface area contributed by atoms with Gasteiger partial charge in [0.2, 0.25) is 0 Å². The van der Waals surface area contributed by atoms with Crippen molar-refractivity contribution in [3.05, 3.63) is 39.7 Å². The second-order valence-electron chi connectivity index (χ2n) is 3.86. The highest BCUT2D eigenvalue weighted by molar-refractivity contribution is 5.93. The summed E-state index contributed by atoms with van der Waals surface area (Å²) in [5.41, 5.74) is -0.843. The van der Waals surface area contributed by atoms with Gasteiger partial charge in [0, 0.05) is 12.6 Å². The number of likely N-dealkylation sites (N-methyl/N-ethyl adjacent to an activating group) is 1. The summed E-state index contributed by atoms with van der Waals surface area (Å²) in [6.07, 6.45) is 0. The van der Waals surface area contributed by atoms with Gasteiger partial charge in [0.1, 0.15) is 18.0 Å². The molecule has 0 N–H and O–H groups in total. The third kappa shape index (κ3) is 3.77. The molecule has 98 valence electrons.